The molecule has 0 spiro atoms. The van der Waals surface area contributed by atoms with Crippen LogP contribution >= 0.6 is 0 Å². The van der Waals surface area contributed by atoms with E-state index in [2.05, 4.69) is 44.8 Å². The molecule has 1 aliphatic carbocycles. The molecule has 3 aliphatic rings. The molecule has 4 rings (SSSR count). The molecule has 1 fully saturated rings. The summed E-state index contributed by atoms with van der Waals surface area (Å²) in [4.78, 5) is 4.70. The fourth-order valence-electron chi connectivity index (χ4n) is 3.26. The van der Waals surface area contributed by atoms with Gasteiger partial charge in [-0.2, -0.15) is 0 Å². The van der Waals surface area contributed by atoms with Gasteiger partial charge in [0, 0.05) is 45.0 Å². The molecule has 0 radical (unpaired) electrons. The summed E-state index contributed by atoms with van der Waals surface area (Å²) in [6, 6.07) is 2.03. The van der Waals surface area contributed by atoms with E-state index in [1.165, 1.54) is 24.2 Å². The van der Waals surface area contributed by atoms with E-state index in [1.54, 1.807) is 0 Å². The van der Waals surface area contributed by atoms with Crippen LogP contribution in [0.3, 0.4) is 0 Å². The second kappa shape index (κ2) is 5.83. The molecule has 0 aromatic carbocycles. The molecule has 1 aromatic rings. The van der Waals surface area contributed by atoms with E-state index in [1.807, 2.05) is 13.0 Å². The highest BCUT2D eigenvalue weighted by molar-refractivity contribution is 5.33. The lowest BCUT2D eigenvalue weighted by Crippen LogP contribution is -2.40. The van der Waals surface area contributed by atoms with Crippen LogP contribution in [0.2, 0.25) is 0 Å². The van der Waals surface area contributed by atoms with Crippen LogP contribution in [0.15, 0.2) is 34.4 Å². The van der Waals surface area contributed by atoms with Gasteiger partial charge in [-0.15, -0.1) is 0 Å². The normalized spacial score (nSPS) is 20.3. The van der Waals surface area contributed by atoms with Crippen molar-refractivity contribution >= 4 is 0 Å². The van der Waals surface area contributed by atoms with E-state index >= 15 is 0 Å². The van der Waals surface area contributed by atoms with Gasteiger partial charge >= 0.3 is 0 Å². The molecule has 1 aromatic heterocycles. The monoisotopic (exact) mass is 315 g/mol. The maximum absolute atomic E-state index is 5.29. The Balaban J connectivity index is 1.36. The van der Waals surface area contributed by atoms with Gasteiger partial charge in [0.05, 0.1) is 23.8 Å². The maximum Gasteiger partial charge on any atom is 0.137 e. The van der Waals surface area contributed by atoms with Crippen molar-refractivity contribution in [1.82, 2.24) is 25.4 Å². The van der Waals surface area contributed by atoms with Gasteiger partial charge in [0.2, 0.25) is 0 Å². The predicted octanol–water partition coefficient (Wildman–Crippen LogP) is 2.03. The van der Waals surface area contributed by atoms with Gasteiger partial charge in [-0.05, 0) is 32.1 Å². The molecule has 2 aliphatic heterocycles. The summed E-state index contributed by atoms with van der Waals surface area (Å²) in [5, 5.41) is 6.25. The Kier molecular flexibility index (Phi) is 3.67. The van der Waals surface area contributed by atoms with Crippen LogP contribution < -0.4 is 5.43 Å². The van der Waals surface area contributed by atoms with E-state index in [4.69, 9.17) is 4.52 Å². The second-order valence-electron chi connectivity index (χ2n) is 6.92. The predicted molar refractivity (Wildman–Crippen MR) is 87.6 cm³/mol. The van der Waals surface area contributed by atoms with Crippen molar-refractivity contribution in [2.24, 2.45) is 5.92 Å². The zero-order valence-electron chi connectivity index (χ0n) is 14.0. The van der Waals surface area contributed by atoms with Crippen molar-refractivity contribution in [3.63, 3.8) is 0 Å². The van der Waals surface area contributed by atoms with Crippen molar-refractivity contribution in [3.05, 3.63) is 41.3 Å². The highest BCUT2D eigenvalue weighted by Gasteiger charge is 2.32. The molecule has 0 amide bonds. The Bertz CT molecular complexity index is 631. The molecule has 0 unspecified atom stereocenters. The average Bonchev–Trinajstić information content (AvgIpc) is 3.10. The second-order valence-corrected chi connectivity index (χ2v) is 6.92. The van der Waals surface area contributed by atoms with Crippen molar-refractivity contribution in [1.29, 1.82) is 0 Å². The van der Waals surface area contributed by atoms with Crippen LogP contribution in [0.25, 0.3) is 0 Å². The first-order valence-electron chi connectivity index (χ1n) is 8.52. The number of hydrazine groups is 1. The van der Waals surface area contributed by atoms with Gasteiger partial charge in [-0.25, -0.2) is 0 Å². The molecule has 1 N–H and O–H groups in total. The molecule has 23 heavy (non-hydrogen) atoms. The van der Waals surface area contributed by atoms with Crippen molar-refractivity contribution < 1.29 is 4.52 Å². The van der Waals surface area contributed by atoms with Crippen LogP contribution in [-0.4, -0.2) is 46.8 Å². The molecule has 0 saturated heterocycles. The Hall–Kier alpha value is -2.11. The lowest BCUT2D eigenvalue weighted by molar-refractivity contribution is 0.199. The molecular weight excluding hydrogens is 290 g/mol. The summed E-state index contributed by atoms with van der Waals surface area (Å²) in [5.41, 5.74) is 6.98. The fraction of sp³-hybridized carbons (Fsp3) is 0.588. The van der Waals surface area contributed by atoms with E-state index in [9.17, 15) is 0 Å². The molecule has 0 atom stereocenters. The number of aromatic nitrogens is 1. The fourth-order valence-corrected chi connectivity index (χ4v) is 3.26. The van der Waals surface area contributed by atoms with Gasteiger partial charge in [-0.1, -0.05) is 5.16 Å². The Morgan fingerprint density at radius 1 is 1.35 bits per heavy atom. The molecule has 3 heterocycles. The van der Waals surface area contributed by atoms with E-state index in [0.717, 1.165) is 50.0 Å². The molecule has 124 valence electrons. The van der Waals surface area contributed by atoms with Gasteiger partial charge in [0.25, 0.3) is 0 Å². The van der Waals surface area contributed by atoms with E-state index < -0.39 is 0 Å². The topological polar surface area (TPSA) is 47.8 Å². The smallest absolute Gasteiger partial charge is 0.137 e. The van der Waals surface area contributed by atoms with Crippen molar-refractivity contribution in [2.75, 3.05) is 26.8 Å². The summed E-state index contributed by atoms with van der Waals surface area (Å²) >= 11 is 0. The third-order valence-electron chi connectivity index (χ3n) is 4.70. The van der Waals surface area contributed by atoms with E-state index in [-0.39, 0.29) is 0 Å². The molecular formula is C17H25N5O. The number of rotatable bonds is 6. The zero-order valence-corrected chi connectivity index (χ0v) is 14.0. The minimum absolute atomic E-state index is 0.867. The number of fused-ring (bicyclic) bond motifs is 1. The van der Waals surface area contributed by atoms with E-state index in [0.29, 0.717) is 0 Å². The van der Waals surface area contributed by atoms with Crippen LogP contribution in [0.5, 0.6) is 0 Å². The zero-order chi connectivity index (χ0) is 15.8. The van der Waals surface area contributed by atoms with Crippen LogP contribution in [0, 0.1) is 12.8 Å². The number of likely N-dealkylation sites (N-methyl/N-ethyl adjacent to an activating group) is 1. The first-order chi connectivity index (χ1) is 11.2. The summed E-state index contributed by atoms with van der Waals surface area (Å²) in [6.07, 6.45) is 9.19. The third kappa shape index (κ3) is 3.16. The number of nitrogens with zero attached hydrogens (tertiary/aromatic N) is 4. The molecule has 6 nitrogen and oxygen atoms in total. The highest BCUT2D eigenvalue weighted by atomic mass is 16.5. The molecule has 0 bridgehead atoms. The van der Waals surface area contributed by atoms with Gasteiger partial charge in [0.15, 0.2) is 0 Å². The summed E-state index contributed by atoms with van der Waals surface area (Å²) in [7, 11) is 2.16. The quantitative estimate of drug-likeness (QED) is 0.867. The Labute approximate surface area is 137 Å². The standard InChI is InChI=1S/C17H25N5O/c1-13-8-15(23-19-13)4-3-7-21-11-17-16(20(2)12-21)9-18-22(17)10-14-5-6-14/h8-9,11,14,18H,3-7,10,12H2,1-2H3. The first kappa shape index (κ1) is 14.5. The molecule has 1 saturated carbocycles. The number of hydrogen-bond acceptors (Lipinski definition) is 6. The van der Waals surface area contributed by atoms with Crippen LogP contribution in [0.4, 0.5) is 0 Å². The lowest BCUT2D eigenvalue weighted by atomic mass is 10.2. The lowest BCUT2D eigenvalue weighted by Gasteiger charge is -2.36. The summed E-state index contributed by atoms with van der Waals surface area (Å²) in [6.45, 7) is 5.04. The summed E-state index contributed by atoms with van der Waals surface area (Å²) in [5.74, 6) is 1.85. The Morgan fingerprint density at radius 2 is 2.22 bits per heavy atom. The van der Waals surface area contributed by atoms with Gasteiger partial charge < -0.3 is 19.7 Å². The van der Waals surface area contributed by atoms with Crippen LogP contribution in [-0.2, 0) is 6.42 Å². The number of aryl methyl sites for hydroxylation is 2. The first-order valence-corrected chi connectivity index (χ1v) is 8.52. The minimum Gasteiger partial charge on any atom is -0.361 e. The SMILES string of the molecule is Cc1cc(CCCN2C=C3C(=CNN3CC3CC3)N(C)C2)on1. The summed E-state index contributed by atoms with van der Waals surface area (Å²) < 4.78 is 5.29. The van der Waals surface area contributed by atoms with Gasteiger partial charge in [0.1, 0.15) is 5.76 Å². The van der Waals surface area contributed by atoms with Crippen molar-refractivity contribution in [2.45, 2.75) is 32.6 Å². The minimum atomic E-state index is 0.867. The molecule has 6 heteroatoms. The van der Waals surface area contributed by atoms with Crippen molar-refractivity contribution in [3.8, 4) is 0 Å². The number of nitrogens with one attached hydrogen (secondary N) is 1. The Morgan fingerprint density at radius 3 is 2.96 bits per heavy atom. The largest absolute Gasteiger partial charge is 0.361 e. The average molecular weight is 315 g/mol. The number of hydrogen-bond donors (Lipinski definition) is 1. The third-order valence-corrected chi connectivity index (χ3v) is 4.70. The van der Waals surface area contributed by atoms with Crippen LogP contribution in [0.1, 0.15) is 30.7 Å². The van der Waals surface area contributed by atoms with Gasteiger partial charge in [-0.3, -0.25) is 5.01 Å². The maximum atomic E-state index is 5.29. The highest BCUT2D eigenvalue weighted by Crippen LogP contribution is 2.34.